The highest BCUT2D eigenvalue weighted by atomic mass is 32.1. The van der Waals surface area contributed by atoms with Crippen LogP contribution in [0, 0.1) is 36.0 Å². The molecule has 108 valence electrons. The van der Waals surface area contributed by atoms with Crippen LogP contribution >= 0.6 is 11.3 Å². The highest BCUT2D eigenvalue weighted by Gasteiger charge is 2.31. The van der Waals surface area contributed by atoms with Crippen molar-refractivity contribution in [3.8, 4) is 0 Å². The molecule has 2 aromatic rings. The van der Waals surface area contributed by atoms with Crippen LogP contribution in [0.2, 0.25) is 0 Å². The maximum absolute atomic E-state index is 13.7. The zero-order valence-corrected chi connectivity index (χ0v) is 10.9. The van der Waals surface area contributed by atoms with Crippen molar-refractivity contribution in [2.45, 2.75) is 13.0 Å². The van der Waals surface area contributed by atoms with Crippen molar-refractivity contribution in [1.29, 1.82) is 0 Å². The van der Waals surface area contributed by atoms with Crippen LogP contribution in [0.5, 0.6) is 0 Å². The van der Waals surface area contributed by atoms with E-state index in [2.05, 4.69) is 5.43 Å². The molecule has 0 radical (unpaired) electrons. The Morgan fingerprint density at radius 2 is 1.50 bits per heavy atom. The lowest BCUT2D eigenvalue weighted by atomic mass is 9.99. The monoisotopic (exact) mass is 308 g/mol. The number of hydrazine groups is 1. The van der Waals surface area contributed by atoms with Crippen LogP contribution in [0.1, 0.15) is 22.0 Å². The summed E-state index contributed by atoms with van der Waals surface area (Å²) in [5, 5.41) is 1.53. The van der Waals surface area contributed by atoms with E-state index in [-0.39, 0.29) is 0 Å². The van der Waals surface area contributed by atoms with Crippen LogP contribution in [-0.2, 0) is 0 Å². The second-order valence-corrected chi connectivity index (χ2v) is 5.19. The molecule has 0 saturated carbocycles. The maximum atomic E-state index is 13.7. The third-order valence-corrected chi connectivity index (χ3v) is 3.66. The lowest BCUT2D eigenvalue weighted by Gasteiger charge is -2.17. The molecular weight excluding hydrogens is 299 g/mol. The summed E-state index contributed by atoms with van der Waals surface area (Å²) in [4.78, 5) is 0.809. The molecule has 3 N–H and O–H groups in total. The third-order valence-electron chi connectivity index (χ3n) is 2.78. The standard InChI is InChI=1S/C12H9F5N2S/c1-4-2-5(3-20-4)12(19-18)6-7(13)9(15)11(17)10(16)8(6)14/h2-3,12,19H,18H2,1H3. The number of hydrogen-bond acceptors (Lipinski definition) is 3. The first-order valence-corrected chi connectivity index (χ1v) is 6.29. The number of nitrogens with one attached hydrogen (secondary N) is 1. The van der Waals surface area contributed by atoms with Gasteiger partial charge in [-0.3, -0.25) is 5.84 Å². The summed E-state index contributed by atoms with van der Waals surface area (Å²) in [6.07, 6.45) is 0. The predicted molar refractivity (Wildman–Crippen MR) is 64.5 cm³/mol. The van der Waals surface area contributed by atoms with Gasteiger partial charge in [-0.15, -0.1) is 11.3 Å². The van der Waals surface area contributed by atoms with Crippen molar-refractivity contribution in [1.82, 2.24) is 5.43 Å². The van der Waals surface area contributed by atoms with Crippen LogP contribution in [0.15, 0.2) is 11.4 Å². The minimum atomic E-state index is -2.19. The molecule has 0 aliphatic carbocycles. The van der Waals surface area contributed by atoms with Gasteiger partial charge in [0, 0.05) is 4.88 Å². The highest BCUT2D eigenvalue weighted by molar-refractivity contribution is 7.10. The van der Waals surface area contributed by atoms with Gasteiger partial charge in [0.1, 0.15) is 0 Å². The molecular formula is C12H9F5N2S. The molecule has 1 atom stereocenters. The van der Waals surface area contributed by atoms with Crippen LogP contribution < -0.4 is 11.3 Å². The van der Waals surface area contributed by atoms with Crippen molar-refractivity contribution < 1.29 is 22.0 Å². The topological polar surface area (TPSA) is 38.0 Å². The second kappa shape index (κ2) is 5.47. The number of nitrogens with two attached hydrogens (primary N) is 1. The Labute approximate surface area is 115 Å². The summed E-state index contributed by atoms with van der Waals surface area (Å²) in [5.41, 5.74) is 1.39. The van der Waals surface area contributed by atoms with Crippen molar-refractivity contribution in [3.05, 3.63) is 56.5 Å². The van der Waals surface area contributed by atoms with Gasteiger partial charge in [0.2, 0.25) is 5.82 Å². The molecule has 0 aliphatic rings. The van der Waals surface area contributed by atoms with Gasteiger partial charge >= 0.3 is 0 Å². The molecule has 0 aliphatic heterocycles. The van der Waals surface area contributed by atoms with Gasteiger partial charge in [-0.1, -0.05) is 0 Å². The van der Waals surface area contributed by atoms with Crippen LogP contribution in [0.25, 0.3) is 0 Å². The molecule has 0 amide bonds. The van der Waals surface area contributed by atoms with E-state index in [1.807, 2.05) is 0 Å². The summed E-state index contributed by atoms with van der Waals surface area (Å²) in [6.45, 7) is 1.74. The van der Waals surface area contributed by atoms with E-state index < -0.39 is 40.7 Å². The number of thiophene rings is 1. The molecule has 0 fully saturated rings. The minimum absolute atomic E-state index is 0.318. The average molecular weight is 308 g/mol. The third kappa shape index (κ3) is 2.30. The Bertz CT molecular complexity index is 627. The van der Waals surface area contributed by atoms with Crippen LogP contribution in [0.4, 0.5) is 22.0 Å². The Balaban J connectivity index is 2.67. The van der Waals surface area contributed by atoms with Gasteiger partial charge in [-0.25, -0.2) is 27.4 Å². The molecule has 8 heteroatoms. The zero-order valence-electron chi connectivity index (χ0n) is 10.1. The molecule has 0 bridgehead atoms. The second-order valence-electron chi connectivity index (χ2n) is 4.07. The summed E-state index contributed by atoms with van der Waals surface area (Å²) < 4.78 is 66.8. The van der Waals surface area contributed by atoms with Crippen LogP contribution in [-0.4, -0.2) is 0 Å². The zero-order chi connectivity index (χ0) is 15.0. The summed E-state index contributed by atoms with van der Waals surface area (Å²) in [5.74, 6) is -4.77. The first kappa shape index (κ1) is 14.9. The molecule has 1 heterocycles. The van der Waals surface area contributed by atoms with Crippen molar-refractivity contribution >= 4 is 11.3 Å². The molecule has 1 aromatic carbocycles. The summed E-state index contributed by atoms with van der Waals surface area (Å²) in [7, 11) is 0. The number of benzene rings is 1. The van der Waals surface area contributed by atoms with E-state index >= 15 is 0 Å². The molecule has 2 nitrogen and oxygen atoms in total. The van der Waals surface area contributed by atoms with E-state index in [0.717, 1.165) is 4.88 Å². The van der Waals surface area contributed by atoms with Gasteiger partial charge in [0.25, 0.3) is 0 Å². The maximum Gasteiger partial charge on any atom is 0.200 e. The first-order chi connectivity index (χ1) is 9.38. The number of hydrogen-bond donors (Lipinski definition) is 2. The van der Waals surface area contributed by atoms with Crippen molar-refractivity contribution in [3.63, 3.8) is 0 Å². The fraction of sp³-hybridized carbons (Fsp3) is 0.167. The Kier molecular flexibility index (Phi) is 4.07. The quantitative estimate of drug-likeness (QED) is 0.300. The van der Waals surface area contributed by atoms with E-state index in [9.17, 15) is 22.0 Å². The smallest absolute Gasteiger partial charge is 0.200 e. The van der Waals surface area contributed by atoms with E-state index in [1.54, 1.807) is 13.0 Å². The van der Waals surface area contributed by atoms with Gasteiger partial charge in [0.15, 0.2) is 23.3 Å². The lowest BCUT2D eigenvalue weighted by Crippen LogP contribution is -2.31. The van der Waals surface area contributed by atoms with Gasteiger partial charge in [0.05, 0.1) is 11.6 Å². The molecule has 0 spiro atoms. The first-order valence-electron chi connectivity index (χ1n) is 5.41. The fourth-order valence-electron chi connectivity index (χ4n) is 1.84. The predicted octanol–water partition coefficient (Wildman–Crippen LogP) is 3.30. The molecule has 2 rings (SSSR count). The SMILES string of the molecule is Cc1cc(C(NN)c2c(F)c(F)c(F)c(F)c2F)cs1. The van der Waals surface area contributed by atoms with Crippen molar-refractivity contribution in [2.24, 2.45) is 5.84 Å². The largest absolute Gasteiger partial charge is 0.271 e. The molecule has 0 saturated heterocycles. The number of halogens is 5. The van der Waals surface area contributed by atoms with Gasteiger partial charge in [-0.2, -0.15) is 0 Å². The average Bonchev–Trinajstić information content (AvgIpc) is 2.85. The Morgan fingerprint density at radius 1 is 1.00 bits per heavy atom. The normalized spacial score (nSPS) is 12.8. The number of aryl methyl sites for hydroxylation is 1. The van der Waals surface area contributed by atoms with Gasteiger partial charge < -0.3 is 0 Å². The molecule has 1 unspecified atom stereocenters. The summed E-state index contributed by atoms with van der Waals surface area (Å²) >= 11 is 1.26. The van der Waals surface area contributed by atoms with E-state index in [4.69, 9.17) is 5.84 Å². The molecule has 1 aromatic heterocycles. The van der Waals surface area contributed by atoms with Crippen LogP contribution in [0.3, 0.4) is 0 Å². The van der Waals surface area contributed by atoms with E-state index in [0.29, 0.717) is 5.56 Å². The minimum Gasteiger partial charge on any atom is -0.271 e. The Morgan fingerprint density at radius 3 is 1.90 bits per heavy atom. The number of rotatable bonds is 3. The fourth-order valence-corrected chi connectivity index (χ4v) is 2.57. The lowest BCUT2D eigenvalue weighted by molar-refractivity contribution is 0.362. The van der Waals surface area contributed by atoms with E-state index in [1.165, 1.54) is 16.7 Å². The van der Waals surface area contributed by atoms with Crippen molar-refractivity contribution in [2.75, 3.05) is 0 Å². The Hall–Kier alpha value is -1.51. The molecule has 20 heavy (non-hydrogen) atoms. The highest BCUT2D eigenvalue weighted by Crippen LogP contribution is 2.32. The van der Waals surface area contributed by atoms with Gasteiger partial charge in [-0.05, 0) is 23.9 Å². The summed E-state index contributed by atoms with van der Waals surface area (Å²) in [6, 6.07) is 0.220.